The molecule has 0 saturated heterocycles. The summed E-state index contributed by atoms with van der Waals surface area (Å²) in [4.78, 5) is 35.4. The summed E-state index contributed by atoms with van der Waals surface area (Å²) in [5, 5.41) is 5.50. The summed E-state index contributed by atoms with van der Waals surface area (Å²) in [6, 6.07) is 12.9. The molecule has 2 aromatic rings. The second-order valence-corrected chi connectivity index (χ2v) is 5.27. The molecular formula is C18H19N3O4. The predicted octanol–water partition coefficient (Wildman–Crippen LogP) is 2.01. The largest absolute Gasteiger partial charge is 0.449 e. The van der Waals surface area contributed by atoms with Crippen LogP contribution in [-0.2, 0) is 9.53 Å². The van der Waals surface area contributed by atoms with E-state index in [4.69, 9.17) is 10.5 Å². The quantitative estimate of drug-likeness (QED) is 0.696. The molecule has 0 aliphatic rings. The first-order chi connectivity index (χ1) is 11.9. The highest BCUT2D eigenvalue weighted by molar-refractivity contribution is 6.00. The Kier molecular flexibility index (Phi) is 5.73. The Labute approximate surface area is 145 Å². The van der Waals surface area contributed by atoms with E-state index in [2.05, 4.69) is 10.6 Å². The van der Waals surface area contributed by atoms with Gasteiger partial charge in [-0.3, -0.25) is 9.59 Å². The second-order valence-electron chi connectivity index (χ2n) is 5.27. The van der Waals surface area contributed by atoms with Crippen molar-refractivity contribution < 1.29 is 19.1 Å². The van der Waals surface area contributed by atoms with E-state index in [0.717, 1.165) is 0 Å². The Balaban J connectivity index is 2.00. The normalized spacial score (nSPS) is 11.3. The molecule has 1 atom stereocenters. The molecule has 25 heavy (non-hydrogen) atoms. The molecule has 7 heteroatoms. The molecule has 0 saturated carbocycles. The van der Waals surface area contributed by atoms with Gasteiger partial charge < -0.3 is 21.1 Å². The minimum absolute atomic E-state index is 0.334. The monoisotopic (exact) mass is 341 g/mol. The van der Waals surface area contributed by atoms with Gasteiger partial charge in [0, 0.05) is 24.0 Å². The molecule has 0 unspecified atom stereocenters. The number of nitrogens with two attached hydrogens (primary N) is 1. The Bertz CT molecular complexity index is 787. The van der Waals surface area contributed by atoms with Crippen LogP contribution in [0.25, 0.3) is 0 Å². The summed E-state index contributed by atoms with van der Waals surface area (Å²) in [5.74, 6) is -1.64. The predicted molar refractivity (Wildman–Crippen MR) is 94.5 cm³/mol. The van der Waals surface area contributed by atoms with Crippen molar-refractivity contribution in [3.8, 4) is 0 Å². The summed E-state index contributed by atoms with van der Waals surface area (Å²) >= 11 is 0. The van der Waals surface area contributed by atoms with Crippen molar-refractivity contribution in [2.24, 2.45) is 5.73 Å². The van der Waals surface area contributed by atoms with E-state index in [-0.39, 0.29) is 0 Å². The third-order valence-corrected chi connectivity index (χ3v) is 3.51. The number of rotatable bonds is 6. The Morgan fingerprint density at radius 2 is 1.68 bits per heavy atom. The van der Waals surface area contributed by atoms with Gasteiger partial charge in [0.15, 0.2) is 6.10 Å². The van der Waals surface area contributed by atoms with Gasteiger partial charge in [-0.2, -0.15) is 0 Å². The van der Waals surface area contributed by atoms with Crippen LogP contribution in [-0.4, -0.2) is 30.9 Å². The molecular weight excluding hydrogens is 322 g/mol. The van der Waals surface area contributed by atoms with Crippen LogP contribution < -0.4 is 16.4 Å². The number of benzene rings is 2. The van der Waals surface area contributed by atoms with Crippen molar-refractivity contribution in [3.63, 3.8) is 0 Å². The fourth-order valence-electron chi connectivity index (χ4n) is 2.12. The van der Waals surface area contributed by atoms with Crippen LogP contribution >= 0.6 is 0 Å². The lowest BCUT2D eigenvalue weighted by molar-refractivity contribution is -0.123. The Morgan fingerprint density at radius 3 is 2.28 bits per heavy atom. The van der Waals surface area contributed by atoms with E-state index in [1.807, 2.05) is 0 Å². The minimum atomic E-state index is -0.992. The first-order valence-electron chi connectivity index (χ1n) is 7.61. The molecule has 4 N–H and O–H groups in total. The number of primary amides is 1. The SMILES string of the molecule is CNc1ccccc1C(=O)O[C@H](C)C(=O)Nc1ccc(C(N)=O)cc1. The summed E-state index contributed by atoms with van der Waals surface area (Å²) in [5.41, 5.74) is 6.91. The van der Waals surface area contributed by atoms with Crippen LogP contribution in [0.5, 0.6) is 0 Å². The molecule has 2 aromatic carbocycles. The van der Waals surface area contributed by atoms with E-state index in [1.54, 1.807) is 43.4 Å². The van der Waals surface area contributed by atoms with Crippen LogP contribution in [0.1, 0.15) is 27.6 Å². The number of carbonyl (C=O) groups excluding carboxylic acids is 3. The van der Waals surface area contributed by atoms with Crippen molar-refractivity contribution in [2.75, 3.05) is 17.7 Å². The zero-order valence-corrected chi connectivity index (χ0v) is 13.9. The van der Waals surface area contributed by atoms with Crippen molar-refractivity contribution in [1.82, 2.24) is 0 Å². The third-order valence-electron chi connectivity index (χ3n) is 3.51. The highest BCUT2D eigenvalue weighted by Gasteiger charge is 2.20. The highest BCUT2D eigenvalue weighted by atomic mass is 16.5. The van der Waals surface area contributed by atoms with Crippen molar-refractivity contribution in [3.05, 3.63) is 59.7 Å². The van der Waals surface area contributed by atoms with Gasteiger partial charge in [-0.05, 0) is 43.3 Å². The maximum atomic E-state index is 12.2. The fraction of sp³-hybridized carbons (Fsp3) is 0.167. The zero-order chi connectivity index (χ0) is 18.4. The number of esters is 1. The van der Waals surface area contributed by atoms with Gasteiger partial charge >= 0.3 is 5.97 Å². The van der Waals surface area contributed by atoms with E-state index >= 15 is 0 Å². The molecule has 0 radical (unpaired) electrons. The highest BCUT2D eigenvalue weighted by Crippen LogP contribution is 2.16. The van der Waals surface area contributed by atoms with Gasteiger partial charge in [0.25, 0.3) is 5.91 Å². The smallest absolute Gasteiger partial charge is 0.341 e. The number of hydrogen-bond acceptors (Lipinski definition) is 5. The molecule has 7 nitrogen and oxygen atoms in total. The number of amides is 2. The average Bonchev–Trinajstić information content (AvgIpc) is 2.61. The number of anilines is 2. The van der Waals surface area contributed by atoms with Gasteiger partial charge in [0.2, 0.25) is 5.91 Å². The van der Waals surface area contributed by atoms with E-state index in [0.29, 0.717) is 22.5 Å². The molecule has 0 aromatic heterocycles. The number of hydrogen-bond donors (Lipinski definition) is 3. The maximum absolute atomic E-state index is 12.2. The standard InChI is InChI=1S/C18H19N3O4/c1-11(25-18(24)14-5-3-4-6-15(14)20-2)17(23)21-13-9-7-12(8-10-13)16(19)22/h3-11,20H,1-2H3,(H2,19,22)(H,21,23)/t11-/m1/s1. The van der Waals surface area contributed by atoms with Crippen LogP contribution in [0.4, 0.5) is 11.4 Å². The van der Waals surface area contributed by atoms with Crippen LogP contribution in [0.3, 0.4) is 0 Å². The Hall–Kier alpha value is -3.35. The molecule has 0 aliphatic heterocycles. The molecule has 0 fully saturated rings. The average molecular weight is 341 g/mol. The third kappa shape index (κ3) is 4.57. The van der Waals surface area contributed by atoms with Crippen molar-refractivity contribution in [1.29, 1.82) is 0 Å². The number of ether oxygens (including phenoxy) is 1. The summed E-state index contributed by atoms with van der Waals surface area (Å²) in [6.07, 6.45) is -0.992. The van der Waals surface area contributed by atoms with Gasteiger partial charge in [0.05, 0.1) is 5.56 Å². The number of nitrogens with one attached hydrogen (secondary N) is 2. The number of carbonyl (C=O) groups is 3. The summed E-state index contributed by atoms with van der Waals surface area (Å²) < 4.78 is 5.21. The molecule has 2 amide bonds. The lowest BCUT2D eigenvalue weighted by Gasteiger charge is -2.15. The first kappa shape index (κ1) is 18.0. The van der Waals surface area contributed by atoms with Crippen LogP contribution in [0.2, 0.25) is 0 Å². The van der Waals surface area contributed by atoms with Gasteiger partial charge in [0.1, 0.15) is 0 Å². The Morgan fingerprint density at radius 1 is 1.04 bits per heavy atom. The van der Waals surface area contributed by atoms with E-state index in [9.17, 15) is 14.4 Å². The molecule has 130 valence electrons. The van der Waals surface area contributed by atoms with E-state index in [1.165, 1.54) is 19.1 Å². The molecule has 0 aliphatic carbocycles. The topological polar surface area (TPSA) is 111 Å². The number of para-hydroxylation sites is 1. The van der Waals surface area contributed by atoms with Gasteiger partial charge in [-0.25, -0.2) is 4.79 Å². The van der Waals surface area contributed by atoms with Crippen LogP contribution in [0.15, 0.2) is 48.5 Å². The lowest BCUT2D eigenvalue weighted by Crippen LogP contribution is -2.30. The van der Waals surface area contributed by atoms with Gasteiger partial charge in [-0.1, -0.05) is 12.1 Å². The molecule has 0 heterocycles. The van der Waals surface area contributed by atoms with Crippen LogP contribution in [0, 0.1) is 0 Å². The fourth-order valence-corrected chi connectivity index (χ4v) is 2.12. The zero-order valence-electron chi connectivity index (χ0n) is 13.9. The summed E-state index contributed by atoms with van der Waals surface area (Å²) in [6.45, 7) is 1.48. The molecule has 0 bridgehead atoms. The van der Waals surface area contributed by atoms with Crippen molar-refractivity contribution in [2.45, 2.75) is 13.0 Å². The van der Waals surface area contributed by atoms with Crippen molar-refractivity contribution >= 4 is 29.2 Å². The van der Waals surface area contributed by atoms with Gasteiger partial charge in [-0.15, -0.1) is 0 Å². The minimum Gasteiger partial charge on any atom is -0.449 e. The maximum Gasteiger partial charge on any atom is 0.341 e. The van der Waals surface area contributed by atoms with E-state index < -0.39 is 23.9 Å². The molecule has 2 rings (SSSR count). The lowest BCUT2D eigenvalue weighted by atomic mass is 10.2. The summed E-state index contributed by atoms with van der Waals surface area (Å²) in [7, 11) is 1.69. The molecule has 0 spiro atoms. The first-order valence-corrected chi connectivity index (χ1v) is 7.61. The second kappa shape index (κ2) is 7.96.